The fourth-order valence-electron chi connectivity index (χ4n) is 1.24. The van der Waals surface area contributed by atoms with E-state index in [0.29, 0.717) is 0 Å². The third kappa shape index (κ3) is 3.54. The van der Waals surface area contributed by atoms with Gasteiger partial charge >= 0.3 is 0 Å². The average molecular weight is 258 g/mol. The highest BCUT2D eigenvalue weighted by Crippen LogP contribution is 2.21. The minimum atomic E-state index is -3.91. The third-order valence-corrected chi connectivity index (χ3v) is 3.56. The fraction of sp³-hybridized carbons (Fsp3) is 0.273. The third-order valence-electron chi connectivity index (χ3n) is 2.05. The second kappa shape index (κ2) is 5.29. The molecule has 0 saturated heterocycles. The molecule has 6 heteroatoms. The van der Waals surface area contributed by atoms with Crippen LogP contribution in [0.5, 0.6) is 0 Å². The van der Waals surface area contributed by atoms with Crippen LogP contribution in [-0.4, -0.2) is 15.0 Å². The Morgan fingerprint density at radius 1 is 1.47 bits per heavy atom. The Labute approximate surface area is 100 Å². The van der Waals surface area contributed by atoms with Crippen molar-refractivity contribution in [1.82, 2.24) is 4.72 Å². The van der Waals surface area contributed by atoms with Crippen LogP contribution in [-0.2, 0) is 10.0 Å². The molecular formula is C11H15FN2O2S. The zero-order valence-electron chi connectivity index (χ0n) is 9.70. The van der Waals surface area contributed by atoms with Crippen molar-refractivity contribution in [2.75, 3.05) is 12.3 Å². The van der Waals surface area contributed by atoms with Gasteiger partial charge in [0.2, 0.25) is 10.0 Å². The molecule has 0 aromatic heterocycles. The van der Waals surface area contributed by atoms with Crippen molar-refractivity contribution in [3.63, 3.8) is 0 Å². The van der Waals surface area contributed by atoms with Crippen molar-refractivity contribution in [2.24, 2.45) is 0 Å². The number of nitrogens with two attached hydrogens (primary N) is 1. The molecular weight excluding hydrogens is 243 g/mol. The number of rotatable bonds is 4. The number of sulfonamides is 1. The van der Waals surface area contributed by atoms with Crippen LogP contribution in [0.15, 0.2) is 34.7 Å². The summed E-state index contributed by atoms with van der Waals surface area (Å²) in [5, 5.41) is 0. The Balaban J connectivity index is 3.02. The molecule has 94 valence electrons. The van der Waals surface area contributed by atoms with E-state index in [1.807, 2.05) is 13.8 Å². The molecule has 1 aromatic rings. The normalized spacial score (nSPS) is 11.2. The Morgan fingerprint density at radius 2 is 2.12 bits per heavy atom. The molecule has 0 radical (unpaired) electrons. The summed E-state index contributed by atoms with van der Waals surface area (Å²) in [7, 11) is -3.91. The van der Waals surface area contributed by atoms with E-state index in [2.05, 4.69) is 4.72 Å². The zero-order valence-corrected chi connectivity index (χ0v) is 10.5. The van der Waals surface area contributed by atoms with Crippen molar-refractivity contribution in [3.8, 4) is 0 Å². The minimum absolute atomic E-state index is 0.102. The quantitative estimate of drug-likeness (QED) is 0.637. The summed E-state index contributed by atoms with van der Waals surface area (Å²) < 4.78 is 39.3. The van der Waals surface area contributed by atoms with Crippen molar-refractivity contribution in [1.29, 1.82) is 0 Å². The molecule has 0 amide bonds. The number of allylic oxidation sites excluding steroid dienone is 1. The SMILES string of the molecule is CC(C)=CCNS(=O)(=O)c1c(N)cccc1F. The molecule has 0 aliphatic carbocycles. The van der Waals surface area contributed by atoms with Gasteiger partial charge in [-0.2, -0.15) is 0 Å². The summed E-state index contributed by atoms with van der Waals surface area (Å²) in [4.78, 5) is -0.498. The van der Waals surface area contributed by atoms with Gasteiger partial charge < -0.3 is 5.73 Å². The Kier molecular flexibility index (Phi) is 4.25. The lowest BCUT2D eigenvalue weighted by molar-refractivity contribution is 0.561. The second-order valence-corrected chi connectivity index (χ2v) is 5.50. The van der Waals surface area contributed by atoms with Gasteiger partial charge in [0.1, 0.15) is 10.7 Å². The van der Waals surface area contributed by atoms with Gasteiger partial charge in [-0.1, -0.05) is 17.7 Å². The van der Waals surface area contributed by atoms with Crippen molar-refractivity contribution in [3.05, 3.63) is 35.7 Å². The van der Waals surface area contributed by atoms with Crippen LogP contribution in [0, 0.1) is 5.82 Å². The van der Waals surface area contributed by atoms with Crippen molar-refractivity contribution < 1.29 is 12.8 Å². The van der Waals surface area contributed by atoms with E-state index in [0.717, 1.165) is 11.6 Å². The van der Waals surface area contributed by atoms with E-state index in [9.17, 15) is 12.8 Å². The first-order chi connectivity index (χ1) is 7.84. The number of hydrogen-bond donors (Lipinski definition) is 2. The number of hydrogen-bond acceptors (Lipinski definition) is 3. The van der Waals surface area contributed by atoms with Crippen LogP contribution >= 0.6 is 0 Å². The molecule has 3 N–H and O–H groups in total. The first-order valence-corrected chi connectivity index (χ1v) is 6.50. The van der Waals surface area contributed by atoms with E-state index in [4.69, 9.17) is 5.73 Å². The first-order valence-electron chi connectivity index (χ1n) is 5.01. The van der Waals surface area contributed by atoms with E-state index in [1.54, 1.807) is 6.08 Å². The molecule has 0 saturated carbocycles. The lowest BCUT2D eigenvalue weighted by Crippen LogP contribution is -2.25. The predicted molar refractivity (Wildman–Crippen MR) is 65.4 cm³/mol. The van der Waals surface area contributed by atoms with Gasteiger partial charge in [-0.15, -0.1) is 0 Å². The number of nitrogen functional groups attached to an aromatic ring is 1. The molecule has 0 fully saturated rings. The highest BCUT2D eigenvalue weighted by molar-refractivity contribution is 7.89. The van der Waals surface area contributed by atoms with Gasteiger partial charge in [-0.25, -0.2) is 17.5 Å². The monoisotopic (exact) mass is 258 g/mol. The maximum atomic E-state index is 13.4. The highest BCUT2D eigenvalue weighted by atomic mass is 32.2. The van der Waals surface area contributed by atoms with Gasteiger partial charge in [0.05, 0.1) is 5.69 Å². The van der Waals surface area contributed by atoms with E-state index in [-0.39, 0.29) is 12.2 Å². The predicted octanol–water partition coefficient (Wildman–Crippen LogP) is 1.65. The van der Waals surface area contributed by atoms with Gasteiger partial charge in [0.15, 0.2) is 0 Å². The van der Waals surface area contributed by atoms with Gasteiger partial charge in [0, 0.05) is 6.54 Å². The van der Waals surface area contributed by atoms with Crippen LogP contribution in [0.3, 0.4) is 0 Å². The van der Waals surface area contributed by atoms with E-state index in [1.165, 1.54) is 12.1 Å². The standard InChI is InChI=1S/C11H15FN2O2S/c1-8(2)6-7-14-17(15,16)11-9(12)4-3-5-10(11)13/h3-6,14H,7,13H2,1-2H3. The van der Waals surface area contributed by atoms with Gasteiger partial charge in [-0.3, -0.25) is 0 Å². The smallest absolute Gasteiger partial charge is 0.245 e. The summed E-state index contributed by atoms with van der Waals surface area (Å²) in [6.07, 6.45) is 1.69. The maximum absolute atomic E-state index is 13.4. The Hall–Kier alpha value is -1.40. The zero-order chi connectivity index (χ0) is 13.1. The number of anilines is 1. The first kappa shape index (κ1) is 13.7. The van der Waals surface area contributed by atoms with Crippen LogP contribution in [0.4, 0.5) is 10.1 Å². The molecule has 0 spiro atoms. The molecule has 17 heavy (non-hydrogen) atoms. The summed E-state index contributed by atoms with van der Waals surface area (Å²) in [5.74, 6) is -0.852. The van der Waals surface area contributed by atoms with Crippen LogP contribution in [0.25, 0.3) is 0 Å². The molecule has 0 unspecified atom stereocenters. The van der Waals surface area contributed by atoms with Crippen molar-refractivity contribution >= 4 is 15.7 Å². The van der Waals surface area contributed by atoms with E-state index >= 15 is 0 Å². The largest absolute Gasteiger partial charge is 0.398 e. The average Bonchev–Trinajstić information content (AvgIpc) is 2.15. The maximum Gasteiger partial charge on any atom is 0.245 e. The summed E-state index contributed by atoms with van der Waals surface area (Å²) in [6.45, 7) is 3.79. The number of benzene rings is 1. The second-order valence-electron chi connectivity index (χ2n) is 3.79. The van der Waals surface area contributed by atoms with Crippen LogP contribution in [0.1, 0.15) is 13.8 Å². The van der Waals surface area contributed by atoms with Crippen molar-refractivity contribution in [2.45, 2.75) is 18.7 Å². The summed E-state index contributed by atoms with van der Waals surface area (Å²) >= 11 is 0. The van der Waals surface area contributed by atoms with Crippen LogP contribution < -0.4 is 10.5 Å². The summed E-state index contributed by atoms with van der Waals surface area (Å²) in [5.41, 5.74) is 6.33. The molecule has 0 aliphatic heterocycles. The Bertz CT molecular complexity index is 514. The molecule has 1 aromatic carbocycles. The fourth-order valence-corrected chi connectivity index (χ4v) is 2.39. The molecule has 0 bridgehead atoms. The van der Waals surface area contributed by atoms with Gasteiger partial charge in [0.25, 0.3) is 0 Å². The lowest BCUT2D eigenvalue weighted by Gasteiger charge is -2.08. The molecule has 0 aliphatic rings. The van der Waals surface area contributed by atoms with Gasteiger partial charge in [-0.05, 0) is 26.0 Å². The lowest BCUT2D eigenvalue weighted by atomic mass is 10.3. The van der Waals surface area contributed by atoms with Crippen LogP contribution in [0.2, 0.25) is 0 Å². The molecule has 1 rings (SSSR count). The minimum Gasteiger partial charge on any atom is -0.398 e. The number of halogens is 1. The highest BCUT2D eigenvalue weighted by Gasteiger charge is 2.21. The van der Waals surface area contributed by atoms with E-state index < -0.39 is 20.7 Å². The molecule has 0 heterocycles. The summed E-state index contributed by atoms with van der Waals surface area (Å²) in [6, 6.07) is 3.77. The Morgan fingerprint density at radius 3 is 2.65 bits per heavy atom. The number of nitrogens with one attached hydrogen (secondary N) is 1. The molecule has 4 nitrogen and oxygen atoms in total. The molecule has 0 atom stereocenters. The topological polar surface area (TPSA) is 72.2 Å².